The summed E-state index contributed by atoms with van der Waals surface area (Å²) in [6.07, 6.45) is 1.95. The van der Waals surface area contributed by atoms with Crippen LogP contribution in [0.25, 0.3) is 11.4 Å². The van der Waals surface area contributed by atoms with Crippen LogP contribution in [0.5, 0.6) is 0 Å². The topological polar surface area (TPSA) is 68.0 Å². The summed E-state index contributed by atoms with van der Waals surface area (Å²) in [5.74, 6) is -0.932. The SMILES string of the molecule is O=C(O)CSc1nnc(-c2ccc(Br)cc2F)n1C1CC1. The Balaban J connectivity index is 2.00. The van der Waals surface area contributed by atoms with Gasteiger partial charge in [-0.3, -0.25) is 9.36 Å². The lowest BCUT2D eigenvalue weighted by Crippen LogP contribution is -2.03. The molecule has 5 nitrogen and oxygen atoms in total. The third kappa shape index (κ3) is 3.11. The molecule has 1 aliphatic rings. The van der Waals surface area contributed by atoms with Crippen LogP contribution in [-0.4, -0.2) is 31.6 Å². The van der Waals surface area contributed by atoms with Crippen LogP contribution in [0.3, 0.4) is 0 Å². The van der Waals surface area contributed by atoms with Crippen LogP contribution in [-0.2, 0) is 4.79 Å². The number of halogens is 2. The van der Waals surface area contributed by atoms with Crippen LogP contribution in [0.1, 0.15) is 18.9 Å². The van der Waals surface area contributed by atoms with Crippen molar-refractivity contribution in [2.45, 2.75) is 24.0 Å². The highest BCUT2D eigenvalue weighted by Gasteiger charge is 2.31. The van der Waals surface area contributed by atoms with E-state index in [1.165, 1.54) is 6.07 Å². The van der Waals surface area contributed by atoms with Crippen molar-refractivity contribution in [2.24, 2.45) is 0 Å². The summed E-state index contributed by atoms with van der Waals surface area (Å²) in [7, 11) is 0. The quantitative estimate of drug-likeness (QED) is 0.816. The zero-order valence-electron chi connectivity index (χ0n) is 10.8. The lowest BCUT2D eigenvalue weighted by molar-refractivity contribution is -0.133. The molecule has 0 bridgehead atoms. The number of hydrogen-bond donors (Lipinski definition) is 1. The summed E-state index contributed by atoms with van der Waals surface area (Å²) >= 11 is 4.33. The van der Waals surface area contributed by atoms with Crippen LogP contribution in [0.4, 0.5) is 4.39 Å². The molecule has 3 rings (SSSR count). The highest BCUT2D eigenvalue weighted by molar-refractivity contribution is 9.10. The van der Waals surface area contributed by atoms with E-state index in [9.17, 15) is 9.18 Å². The van der Waals surface area contributed by atoms with E-state index in [1.54, 1.807) is 12.1 Å². The van der Waals surface area contributed by atoms with Crippen LogP contribution in [0, 0.1) is 5.82 Å². The van der Waals surface area contributed by atoms with E-state index in [-0.39, 0.29) is 17.6 Å². The molecule has 0 aliphatic heterocycles. The average molecular weight is 372 g/mol. The molecular formula is C13H11BrFN3O2S. The van der Waals surface area contributed by atoms with Crippen molar-refractivity contribution in [1.82, 2.24) is 14.8 Å². The third-order valence-corrected chi connectivity index (χ3v) is 4.49. The molecule has 1 aliphatic carbocycles. The minimum absolute atomic E-state index is 0.0896. The minimum atomic E-state index is -0.915. The van der Waals surface area contributed by atoms with Crippen molar-refractivity contribution in [3.05, 3.63) is 28.5 Å². The largest absolute Gasteiger partial charge is 0.481 e. The van der Waals surface area contributed by atoms with Gasteiger partial charge in [-0.15, -0.1) is 10.2 Å². The van der Waals surface area contributed by atoms with Crippen molar-refractivity contribution < 1.29 is 14.3 Å². The molecule has 1 saturated carbocycles. The Labute approximate surface area is 132 Å². The number of aromatic nitrogens is 3. The van der Waals surface area contributed by atoms with E-state index >= 15 is 0 Å². The molecule has 110 valence electrons. The number of nitrogens with zero attached hydrogens (tertiary/aromatic N) is 3. The molecule has 0 radical (unpaired) electrons. The molecule has 0 atom stereocenters. The number of carbonyl (C=O) groups is 1. The molecule has 1 aromatic carbocycles. The zero-order valence-corrected chi connectivity index (χ0v) is 13.2. The fraction of sp³-hybridized carbons (Fsp3) is 0.308. The summed E-state index contributed by atoms with van der Waals surface area (Å²) in [4.78, 5) is 10.7. The van der Waals surface area contributed by atoms with E-state index in [0.717, 1.165) is 24.6 Å². The third-order valence-electron chi connectivity index (χ3n) is 3.07. The molecular weight excluding hydrogens is 361 g/mol. The Hall–Kier alpha value is -1.41. The van der Waals surface area contributed by atoms with E-state index < -0.39 is 5.97 Å². The van der Waals surface area contributed by atoms with Gasteiger partial charge in [0.05, 0.1) is 11.3 Å². The van der Waals surface area contributed by atoms with Gasteiger partial charge in [-0.2, -0.15) is 0 Å². The molecule has 8 heteroatoms. The fourth-order valence-electron chi connectivity index (χ4n) is 2.02. The molecule has 0 unspecified atom stereocenters. The Bertz CT molecular complexity index is 703. The monoisotopic (exact) mass is 371 g/mol. The smallest absolute Gasteiger partial charge is 0.313 e. The van der Waals surface area contributed by atoms with Gasteiger partial charge in [-0.25, -0.2) is 4.39 Å². The normalized spacial score (nSPS) is 14.4. The summed E-state index contributed by atoms with van der Waals surface area (Å²) in [5.41, 5.74) is 0.375. The van der Waals surface area contributed by atoms with Crippen molar-refractivity contribution in [1.29, 1.82) is 0 Å². The molecule has 1 fully saturated rings. The predicted molar refractivity (Wildman–Crippen MR) is 79.7 cm³/mol. The molecule has 21 heavy (non-hydrogen) atoms. The first kappa shape index (κ1) is 14.5. The average Bonchev–Trinajstić information content (AvgIpc) is 3.17. The molecule has 0 amide bonds. The first-order chi connectivity index (χ1) is 10.1. The van der Waals surface area contributed by atoms with Gasteiger partial charge in [0.2, 0.25) is 0 Å². The molecule has 2 aromatic rings. The minimum Gasteiger partial charge on any atom is -0.481 e. The highest BCUT2D eigenvalue weighted by Crippen LogP contribution is 2.41. The summed E-state index contributed by atoms with van der Waals surface area (Å²) in [5, 5.41) is 17.4. The molecule has 0 spiro atoms. The Kier molecular flexibility index (Phi) is 3.99. The van der Waals surface area contributed by atoms with E-state index in [4.69, 9.17) is 5.11 Å². The van der Waals surface area contributed by atoms with E-state index in [1.807, 2.05) is 4.57 Å². The molecule has 1 heterocycles. The van der Waals surface area contributed by atoms with Crippen molar-refractivity contribution in [3.8, 4) is 11.4 Å². The van der Waals surface area contributed by atoms with Gasteiger partial charge in [0.25, 0.3) is 0 Å². The second kappa shape index (κ2) is 5.76. The standard InChI is InChI=1S/C13H11BrFN3O2S/c14-7-1-4-9(10(15)5-7)12-16-17-13(21-6-11(19)20)18(12)8-2-3-8/h1,4-5,8H,2-3,6H2,(H,19,20). The zero-order chi connectivity index (χ0) is 15.0. The van der Waals surface area contributed by atoms with Gasteiger partial charge in [-0.05, 0) is 31.0 Å². The number of benzene rings is 1. The molecule has 1 aromatic heterocycles. The van der Waals surface area contributed by atoms with Crippen LogP contribution in [0.2, 0.25) is 0 Å². The van der Waals surface area contributed by atoms with Gasteiger partial charge >= 0.3 is 5.97 Å². The number of thioether (sulfide) groups is 1. The van der Waals surface area contributed by atoms with E-state index in [2.05, 4.69) is 26.1 Å². The van der Waals surface area contributed by atoms with Gasteiger partial charge in [0, 0.05) is 10.5 Å². The Morgan fingerprint density at radius 2 is 2.24 bits per heavy atom. The van der Waals surface area contributed by atoms with Gasteiger partial charge < -0.3 is 5.11 Å². The Morgan fingerprint density at radius 1 is 1.48 bits per heavy atom. The predicted octanol–water partition coefficient (Wildman–Crippen LogP) is 3.36. The second-order valence-corrected chi connectivity index (χ2v) is 6.57. The van der Waals surface area contributed by atoms with Crippen LogP contribution >= 0.6 is 27.7 Å². The van der Waals surface area contributed by atoms with Crippen molar-refractivity contribution in [2.75, 3.05) is 5.75 Å². The summed E-state index contributed by atoms with van der Waals surface area (Å²) < 4.78 is 16.6. The summed E-state index contributed by atoms with van der Waals surface area (Å²) in [6, 6.07) is 5.00. The maximum Gasteiger partial charge on any atom is 0.313 e. The van der Waals surface area contributed by atoms with Gasteiger partial charge in [0.1, 0.15) is 5.82 Å². The second-order valence-electron chi connectivity index (χ2n) is 4.71. The first-order valence-electron chi connectivity index (χ1n) is 6.31. The number of rotatable bonds is 5. The number of carboxylic acid groups (broad SMARTS) is 1. The van der Waals surface area contributed by atoms with Gasteiger partial charge in [-0.1, -0.05) is 27.7 Å². The van der Waals surface area contributed by atoms with E-state index in [0.29, 0.717) is 21.0 Å². The first-order valence-corrected chi connectivity index (χ1v) is 8.09. The van der Waals surface area contributed by atoms with Crippen molar-refractivity contribution >= 4 is 33.7 Å². The van der Waals surface area contributed by atoms with Gasteiger partial charge in [0.15, 0.2) is 11.0 Å². The number of aliphatic carboxylic acids is 1. The fourth-order valence-corrected chi connectivity index (χ4v) is 3.08. The van der Waals surface area contributed by atoms with Crippen molar-refractivity contribution in [3.63, 3.8) is 0 Å². The van der Waals surface area contributed by atoms with Crippen LogP contribution in [0.15, 0.2) is 27.8 Å². The van der Waals surface area contributed by atoms with Crippen LogP contribution < -0.4 is 0 Å². The lowest BCUT2D eigenvalue weighted by atomic mass is 10.2. The lowest BCUT2D eigenvalue weighted by Gasteiger charge is -2.09. The maximum absolute atomic E-state index is 14.1. The molecule has 0 saturated heterocycles. The number of hydrogen-bond acceptors (Lipinski definition) is 4. The molecule has 1 N–H and O–H groups in total. The maximum atomic E-state index is 14.1. The summed E-state index contributed by atoms with van der Waals surface area (Å²) in [6.45, 7) is 0. The highest BCUT2D eigenvalue weighted by atomic mass is 79.9. The Morgan fingerprint density at radius 3 is 2.86 bits per heavy atom. The number of carboxylic acids is 1.